The van der Waals surface area contributed by atoms with E-state index in [1.807, 2.05) is 14.1 Å². The average molecular weight is 292 g/mol. The number of hydrogen-bond donors (Lipinski definition) is 0. The summed E-state index contributed by atoms with van der Waals surface area (Å²) in [5, 5.41) is 9.68. The lowest BCUT2D eigenvalue weighted by Crippen LogP contribution is -2.10. The molecule has 1 atom stereocenters. The monoisotopic (exact) mass is 292 g/mol. The van der Waals surface area contributed by atoms with Crippen LogP contribution in [0.3, 0.4) is 0 Å². The summed E-state index contributed by atoms with van der Waals surface area (Å²) in [5.41, 5.74) is 7.25. The van der Waals surface area contributed by atoms with E-state index in [0.717, 1.165) is 6.42 Å². The van der Waals surface area contributed by atoms with Crippen molar-refractivity contribution in [1.29, 1.82) is 5.26 Å². The standard InChI is InChI=1S/C20H24N2/c1-14-9-15(2)20(16(3)10-14)18(13-21)11-17-7-6-8-19(12-17)22(4)5/h6-10,12,18H,11H2,1-5H3. The van der Waals surface area contributed by atoms with Crippen molar-refractivity contribution >= 4 is 5.69 Å². The molecule has 0 aliphatic rings. The molecule has 2 heteroatoms. The third kappa shape index (κ3) is 3.49. The summed E-state index contributed by atoms with van der Waals surface area (Å²) in [6.45, 7) is 6.32. The summed E-state index contributed by atoms with van der Waals surface area (Å²) in [4.78, 5) is 2.09. The van der Waals surface area contributed by atoms with Crippen LogP contribution in [0.15, 0.2) is 36.4 Å². The van der Waals surface area contributed by atoms with E-state index in [1.165, 1.54) is 33.5 Å². The second-order valence-electron chi connectivity index (χ2n) is 6.26. The van der Waals surface area contributed by atoms with E-state index in [1.54, 1.807) is 0 Å². The number of nitriles is 1. The van der Waals surface area contributed by atoms with Crippen molar-refractivity contribution < 1.29 is 0 Å². The molecule has 0 aromatic heterocycles. The lowest BCUT2D eigenvalue weighted by atomic mass is 9.86. The van der Waals surface area contributed by atoms with Gasteiger partial charge in [-0.1, -0.05) is 29.8 Å². The van der Waals surface area contributed by atoms with Crippen LogP contribution >= 0.6 is 0 Å². The largest absolute Gasteiger partial charge is 0.378 e. The zero-order valence-electron chi connectivity index (χ0n) is 14.1. The van der Waals surface area contributed by atoms with Gasteiger partial charge >= 0.3 is 0 Å². The van der Waals surface area contributed by atoms with Crippen molar-refractivity contribution in [1.82, 2.24) is 0 Å². The van der Waals surface area contributed by atoms with Crippen LogP contribution in [0.4, 0.5) is 5.69 Å². The fraction of sp³-hybridized carbons (Fsp3) is 0.350. The van der Waals surface area contributed by atoms with E-state index in [-0.39, 0.29) is 5.92 Å². The molecule has 0 bridgehead atoms. The number of aryl methyl sites for hydroxylation is 3. The molecule has 2 nitrogen and oxygen atoms in total. The number of hydrogen-bond acceptors (Lipinski definition) is 2. The topological polar surface area (TPSA) is 27.0 Å². The fourth-order valence-electron chi connectivity index (χ4n) is 3.15. The van der Waals surface area contributed by atoms with Gasteiger partial charge in [0.25, 0.3) is 0 Å². The first-order chi connectivity index (χ1) is 10.4. The molecular formula is C20H24N2. The molecule has 22 heavy (non-hydrogen) atoms. The zero-order chi connectivity index (χ0) is 16.3. The quantitative estimate of drug-likeness (QED) is 0.828. The summed E-state index contributed by atoms with van der Waals surface area (Å²) in [6, 6.07) is 15.3. The van der Waals surface area contributed by atoms with Gasteiger partial charge in [0.15, 0.2) is 0 Å². The van der Waals surface area contributed by atoms with Crippen molar-refractivity contribution in [2.24, 2.45) is 0 Å². The smallest absolute Gasteiger partial charge is 0.0758 e. The highest BCUT2D eigenvalue weighted by Crippen LogP contribution is 2.28. The van der Waals surface area contributed by atoms with Crippen molar-refractivity contribution in [2.45, 2.75) is 33.1 Å². The maximum Gasteiger partial charge on any atom is 0.0758 e. The number of anilines is 1. The van der Waals surface area contributed by atoms with E-state index in [2.05, 4.69) is 68.1 Å². The molecule has 0 aliphatic heterocycles. The minimum atomic E-state index is -0.0991. The second kappa shape index (κ2) is 6.66. The SMILES string of the molecule is Cc1cc(C)c(C(C#N)Cc2cccc(N(C)C)c2)c(C)c1. The molecule has 0 heterocycles. The fourth-order valence-corrected chi connectivity index (χ4v) is 3.15. The van der Waals surface area contributed by atoms with Crippen LogP contribution in [0.5, 0.6) is 0 Å². The highest BCUT2D eigenvalue weighted by molar-refractivity contribution is 5.49. The minimum Gasteiger partial charge on any atom is -0.378 e. The van der Waals surface area contributed by atoms with Crippen molar-refractivity contribution in [3.05, 3.63) is 64.2 Å². The van der Waals surface area contributed by atoms with Crippen LogP contribution in [0.1, 0.15) is 33.7 Å². The van der Waals surface area contributed by atoms with Crippen LogP contribution in [-0.2, 0) is 6.42 Å². The molecular weight excluding hydrogens is 268 g/mol. The van der Waals surface area contributed by atoms with Crippen molar-refractivity contribution in [3.63, 3.8) is 0 Å². The van der Waals surface area contributed by atoms with Gasteiger partial charge in [0, 0.05) is 19.8 Å². The van der Waals surface area contributed by atoms with Crippen LogP contribution in [0.2, 0.25) is 0 Å². The number of nitrogens with zero attached hydrogens (tertiary/aromatic N) is 2. The highest BCUT2D eigenvalue weighted by Gasteiger charge is 2.17. The van der Waals surface area contributed by atoms with Crippen LogP contribution in [0, 0.1) is 32.1 Å². The Morgan fingerprint density at radius 2 is 1.68 bits per heavy atom. The predicted octanol–water partition coefficient (Wildman–Crippen LogP) is 4.53. The maximum atomic E-state index is 9.68. The van der Waals surface area contributed by atoms with Gasteiger partial charge in [0.2, 0.25) is 0 Å². The molecule has 0 saturated heterocycles. The first-order valence-electron chi connectivity index (χ1n) is 7.66. The molecule has 0 amide bonds. The van der Waals surface area contributed by atoms with E-state index >= 15 is 0 Å². The zero-order valence-corrected chi connectivity index (χ0v) is 14.1. The van der Waals surface area contributed by atoms with Gasteiger partial charge < -0.3 is 4.90 Å². The Morgan fingerprint density at radius 1 is 1.05 bits per heavy atom. The minimum absolute atomic E-state index is 0.0991. The first kappa shape index (κ1) is 16.1. The molecule has 0 fully saturated rings. The van der Waals surface area contributed by atoms with E-state index in [0.29, 0.717) is 0 Å². The van der Waals surface area contributed by atoms with E-state index < -0.39 is 0 Å². The molecule has 2 aromatic rings. The van der Waals surface area contributed by atoms with Gasteiger partial charge in [-0.15, -0.1) is 0 Å². The molecule has 114 valence electrons. The molecule has 2 rings (SSSR count). The Morgan fingerprint density at radius 3 is 2.23 bits per heavy atom. The Balaban J connectivity index is 2.35. The summed E-state index contributed by atoms with van der Waals surface area (Å²) in [7, 11) is 4.07. The summed E-state index contributed by atoms with van der Waals surface area (Å²) in [6.07, 6.45) is 0.753. The van der Waals surface area contributed by atoms with Crippen molar-refractivity contribution in [2.75, 3.05) is 19.0 Å². The van der Waals surface area contributed by atoms with Crippen LogP contribution in [0.25, 0.3) is 0 Å². The van der Waals surface area contributed by atoms with Gasteiger partial charge in [0.1, 0.15) is 0 Å². The predicted molar refractivity (Wildman–Crippen MR) is 93.5 cm³/mol. The lowest BCUT2D eigenvalue weighted by molar-refractivity contribution is 0.831. The maximum absolute atomic E-state index is 9.68. The molecule has 0 radical (unpaired) electrons. The summed E-state index contributed by atoms with van der Waals surface area (Å²) in [5.74, 6) is -0.0991. The third-order valence-electron chi connectivity index (χ3n) is 4.11. The molecule has 0 aliphatic carbocycles. The van der Waals surface area contributed by atoms with Crippen molar-refractivity contribution in [3.8, 4) is 6.07 Å². The molecule has 1 unspecified atom stereocenters. The number of rotatable bonds is 4. The highest BCUT2D eigenvalue weighted by atomic mass is 15.1. The van der Waals surface area contributed by atoms with Gasteiger partial charge in [-0.25, -0.2) is 0 Å². The van der Waals surface area contributed by atoms with E-state index in [4.69, 9.17) is 0 Å². The van der Waals surface area contributed by atoms with Gasteiger partial charge in [-0.2, -0.15) is 5.26 Å². The Kier molecular flexibility index (Phi) is 4.88. The second-order valence-corrected chi connectivity index (χ2v) is 6.26. The van der Waals surface area contributed by atoms with Gasteiger partial charge in [0.05, 0.1) is 12.0 Å². The third-order valence-corrected chi connectivity index (χ3v) is 4.11. The molecule has 0 saturated carbocycles. The molecule has 2 aromatic carbocycles. The molecule has 0 N–H and O–H groups in total. The van der Waals surface area contributed by atoms with E-state index in [9.17, 15) is 5.26 Å². The molecule has 0 spiro atoms. The first-order valence-corrected chi connectivity index (χ1v) is 7.66. The average Bonchev–Trinajstić information content (AvgIpc) is 2.45. The number of benzene rings is 2. The lowest BCUT2D eigenvalue weighted by Gasteiger charge is -2.18. The summed E-state index contributed by atoms with van der Waals surface area (Å²) < 4.78 is 0. The Labute approximate surface area is 134 Å². The van der Waals surface area contributed by atoms with Gasteiger partial charge in [-0.3, -0.25) is 0 Å². The van der Waals surface area contributed by atoms with Gasteiger partial charge in [-0.05, 0) is 61.6 Å². The van der Waals surface area contributed by atoms with Crippen LogP contribution < -0.4 is 4.90 Å². The summed E-state index contributed by atoms with van der Waals surface area (Å²) >= 11 is 0. The normalized spacial score (nSPS) is 11.8. The Hall–Kier alpha value is -2.27. The Bertz CT molecular complexity index is 685. The van der Waals surface area contributed by atoms with Crippen LogP contribution in [-0.4, -0.2) is 14.1 Å².